The molecule has 2 N–H and O–H groups in total. The van der Waals surface area contributed by atoms with E-state index in [1.165, 1.54) is 0 Å². The molecule has 1 saturated carbocycles. The molecule has 1 aromatic carbocycles. The largest absolute Gasteiger partial charge is 0.351 e. The number of rotatable bonds is 2. The minimum atomic E-state index is -0.292. The van der Waals surface area contributed by atoms with E-state index < -0.39 is 0 Å². The van der Waals surface area contributed by atoms with Crippen molar-refractivity contribution in [2.24, 2.45) is 13.0 Å². The Labute approximate surface area is 110 Å². The molecule has 5 heteroatoms. The van der Waals surface area contributed by atoms with Gasteiger partial charge in [0.1, 0.15) is 0 Å². The zero-order valence-corrected chi connectivity index (χ0v) is 10.6. The number of nitrogens with zero attached hydrogens (tertiary/aromatic N) is 1. The standard InChI is InChI=1S/C14H15N3O2/c1-17-7-6-10-8-11(4-5-12(10)17)14(19)16-15-13(18)9-2-3-9/h4-9H,2-3H2,1H3,(H,15,18)(H,16,19). The number of carbonyl (C=O) groups is 2. The minimum absolute atomic E-state index is 0.0805. The highest BCUT2D eigenvalue weighted by Crippen LogP contribution is 2.28. The molecule has 2 amide bonds. The number of hydrogen-bond acceptors (Lipinski definition) is 2. The molecular formula is C14H15N3O2. The van der Waals surface area contributed by atoms with Crippen molar-refractivity contribution in [3.63, 3.8) is 0 Å². The second-order valence-electron chi connectivity index (χ2n) is 4.92. The van der Waals surface area contributed by atoms with E-state index in [1.807, 2.05) is 36.0 Å². The Balaban J connectivity index is 1.71. The van der Waals surface area contributed by atoms with Crippen LogP contribution in [-0.2, 0) is 11.8 Å². The highest BCUT2D eigenvalue weighted by atomic mass is 16.2. The van der Waals surface area contributed by atoms with Gasteiger partial charge in [0.15, 0.2) is 0 Å². The fourth-order valence-electron chi connectivity index (χ4n) is 2.06. The fourth-order valence-corrected chi connectivity index (χ4v) is 2.06. The van der Waals surface area contributed by atoms with Gasteiger partial charge in [-0.25, -0.2) is 0 Å². The molecule has 19 heavy (non-hydrogen) atoms. The molecule has 1 heterocycles. The van der Waals surface area contributed by atoms with Crippen LogP contribution >= 0.6 is 0 Å². The second-order valence-corrected chi connectivity index (χ2v) is 4.92. The number of nitrogens with one attached hydrogen (secondary N) is 2. The van der Waals surface area contributed by atoms with Crippen LogP contribution in [0, 0.1) is 5.92 Å². The zero-order chi connectivity index (χ0) is 13.4. The summed E-state index contributed by atoms with van der Waals surface area (Å²) in [7, 11) is 1.96. The van der Waals surface area contributed by atoms with Crippen molar-refractivity contribution >= 4 is 22.7 Å². The second kappa shape index (κ2) is 4.42. The smallest absolute Gasteiger partial charge is 0.269 e. The zero-order valence-electron chi connectivity index (χ0n) is 10.6. The third kappa shape index (κ3) is 2.31. The lowest BCUT2D eigenvalue weighted by Gasteiger charge is -2.07. The number of carbonyl (C=O) groups excluding carboxylic acids is 2. The number of hydrogen-bond donors (Lipinski definition) is 2. The van der Waals surface area contributed by atoms with Gasteiger partial charge in [-0.05, 0) is 37.1 Å². The van der Waals surface area contributed by atoms with Crippen LogP contribution in [0.4, 0.5) is 0 Å². The van der Waals surface area contributed by atoms with Gasteiger partial charge in [0, 0.05) is 35.6 Å². The number of benzene rings is 1. The van der Waals surface area contributed by atoms with Crippen LogP contribution in [0.15, 0.2) is 30.5 Å². The third-order valence-electron chi connectivity index (χ3n) is 3.39. The summed E-state index contributed by atoms with van der Waals surface area (Å²) in [4.78, 5) is 23.3. The van der Waals surface area contributed by atoms with Gasteiger partial charge in [-0.2, -0.15) is 0 Å². The van der Waals surface area contributed by atoms with E-state index in [0.717, 1.165) is 23.7 Å². The Morgan fingerprint density at radius 1 is 1.21 bits per heavy atom. The molecule has 0 saturated heterocycles. The van der Waals surface area contributed by atoms with E-state index >= 15 is 0 Å². The fraction of sp³-hybridized carbons (Fsp3) is 0.286. The maximum absolute atomic E-state index is 11.9. The van der Waals surface area contributed by atoms with Crippen molar-refractivity contribution in [2.45, 2.75) is 12.8 Å². The summed E-state index contributed by atoms with van der Waals surface area (Å²) in [5.74, 6) is -0.314. The topological polar surface area (TPSA) is 63.1 Å². The van der Waals surface area contributed by atoms with Crippen molar-refractivity contribution in [1.82, 2.24) is 15.4 Å². The van der Waals surface area contributed by atoms with Crippen LogP contribution in [0.5, 0.6) is 0 Å². The number of aromatic nitrogens is 1. The minimum Gasteiger partial charge on any atom is -0.351 e. The molecule has 0 atom stereocenters. The van der Waals surface area contributed by atoms with E-state index in [-0.39, 0.29) is 17.7 Å². The highest BCUT2D eigenvalue weighted by Gasteiger charge is 2.29. The van der Waals surface area contributed by atoms with Gasteiger partial charge in [0.05, 0.1) is 0 Å². The van der Waals surface area contributed by atoms with Crippen molar-refractivity contribution in [1.29, 1.82) is 0 Å². The molecule has 1 aromatic heterocycles. The van der Waals surface area contributed by atoms with Gasteiger partial charge >= 0.3 is 0 Å². The van der Waals surface area contributed by atoms with Crippen LogP contribution in [-0.4, -0.2) is 16.4 Å². The molecule has 0 bridgehead atoms. The lowest BCUT2D eigenvalue weighted by molar-refractivity contribution is -0.123. The number of hydrazine groups is 1. The summed E-state index contributed by atoms with van der Waals surface area (Å²) in [6.07, 6.45) is 3.77. The summed E-state index contributed by atoms with van der Waals surface area (Å²) in [5.41, 5.74) is 6.50. The van der Waals surface area contributed by atoms with Gasteiger partial charge in [-0.15, -0.1) is 0 Å². The predicted molar refractivity (Wildman–Crippen MR) is 71.3 cm³/mol. The molecule has 0 aliphatic heterocycles. The van der Waals surface area contributed by atoms with Crippen LogP contribution in [0.1, 0.15) is 23.2 Å². The van der Waals surface area contributed by atoms with E-state index in [4.69, 9.17) is 0 Å². The summed E-state index contributed by atoms with van der Waals surface area (Å²) in [6, 6.07) is 7.41. The SMILES string of the molecule is Cn1ccc2cc(C(=O)NNC(=O)C3CC3)ccc21. The maximum atomic E-state index is 11.9. The molecule has 5 nitrogen and oxygen atoms in total. The molecule has 1 fully saturated rings. The average molecular weight is 257 g/mol. The molecule has 1 aliphatic carbocycles. The molecular weight excluding hydrogens is 242 g/mol. The van der Waals surface area contributed by atoms with E-state index in [9.17, 15) is 9.59 Å². The van der Waals surface area contributed by atoms with E-state index in [2.05, 4.69) is 10.9 Å². The van der Waals surface area contributed by atoms with E-state index in [1.54, 1.807) is 6.07 Å². The third-order valence-corrected chi connectivity index (χ3v) is 3.39. The van der Waals surface area contributed by atoms with Gasteiger partial charge in [0.2, 0.25) is 5.91 Å². The van der Waals surface area contributed by atoms with Gasteiger partial charge in [0.25, 0.3) is 5.91 Å². The molecule has 0 unspecified atom stereocenters. The highest BCUT2D eigenvalue weighted by molar-refractivity contribution is 5.99. The quantitative estimate of drug-likeness (QED) is 0.798. The Morgan fingerprint density at radius 2 is 2.00 bits per heavy atom. The van der Waals surface area contributed by atoms with Crippen molar-refractivity contribution < 1.29 is 9.59 Å². The summed E-state index contributed by atoms with van der Waals surface area (Å²) < 4.78 is 1.99. The van der Waals surface area contributed by atoms with Gasteiger partial charge < -0.3 is 4.57 Å². The van der Waals surface area contributed by atoms with Crippen molar-refractivity contribution in [2.75, 3.05) is 0 Å². The van der Waals surface area contributed by atoms with Crippen molar-refractivity contribution in [3.8, 4) is 0 Å². The number of amides is 2. The maximum Gasteiger partial charge on any atom is 0.269 e. The molecule has 0 spiro atoms. The summed E-state index contributed by atoms with van der Waals surface area (Å²) in [5, 5.41) is 1.00. The monoisotopic (exact) mass is 257 g/mol. The summed E-state index contributed by atoms with van der Waals surface area (Å²) >= 11 is 0. The lowest BCUT2D eigenvalue weighted by Crippen LogP contribution is -2.42. The average Bonchev–Trinajstić information content (AvgIpc) is 3.21. The normalized spacial score (nSPS) is 14.4. The molecule has 1 aliphatic rings. The Morgan fingerprint density at radius 3 is 2.74 bits per heavy atom. The van der Waals surface area contributed by atoms with Crippen LogP contribution in [0.25, 0.3) is 10.9 Å². The van der Waals surface area contributed by atoms with Gasteiger partial charge in [-0.3, -0.25) is 20.4 Å². The molecule has 98 valence electrons. The molecule has 3 rings (SSSR count). The Kier molecular flexibility index (Phi) is 2.74. The van der Waals surface area contributed by atoms with E-state index in [0.29, 0.717) is 5.56 Å². The number of aryl methyl sites for hydroxylation is 1. The number of fused-ring (bicyclic) bond motifs is 1. The Bertz CT molecular complexity index is 656. The lowest BCUT2D eigenvalue weighted by atomic mass is 10.1. The van der Waals surface area contributed by atoms with Gasteiger partial charge in [-0.1, -0.05) is 0 Å². The predicted octanol–water partition coefficient (Wildman–Crippen LogP) is 1.35. The molecule has 2 aromatic rings. The first-order chi connectivity index (χ1) is 9.15. The first-order valence-corrected chi connectivity index (χ1v) is 6.30. The summed E-state index contributed by atoms with van der Waals surface area (Å²) in [6.45, 7) is 0. The first-order valence-electron chi connectivity index (χ1n) is 6.30. The molecule has 0 radical (unpaired) electrons. The Hall–Kier alpha value is -2.30. The van der Waals surface area contributed by atoms with Crippen LogP contribution in [0.3, 0.4) is 0 Å². The van der Waals surface area contributed by atoms with Crippen LogP contribution in [0.2, 0.25) is 0 Å². The van der Waals surface area contributed by atoms with Crippen LogP contribution < -0.4 is 10.9 Å². The van der Waals surface area contributed by atoms with Crippen molar-refractivity contribution in [3.05, 3.63) is 36.0 Å². The first kappa shape index (κ1) is 11.8.